The highest BCUT2D eigenvalue weighted by Crippen LogP contribution is 2.09. The standard InChI is InChI=1S/C16H32N2/c1-4-7-8-9-10-11-12-13-16(17-14-5-2)18-15-6-3/h5-6,16-18H,2-4,7-15H2,1H3. The van der Waals surface area contributed by atoms with Crippen LogP contribution in [0.25, 0.3) is 0 Å². The summed E-state index contributed by atoms with van der Waals surface area (Å²) in [6.45, 7) is 11.5. The minimum atomic E-state index is 0.400. The maximum absolute atomic E-state index is 3.74. The third kappa shape index (κ3) is 11.9. The Hall–Kier alpha value is -0.600. The van der Waals surface area contributed by atoms with Gasteiger partial charge >= 0.3 is 0 Å². The fraction of sp³-hybridized carbons (Fsp3) is 0.750. The molecule has 106 valence electrons. The van der Waals surface area contributed by atoms with Gasteiger partial charge in [-0.2, -0.15) is 0 Å². The largest absolute Gasteiger partial charge is 0.298 e. The van der Waals surface area contributed by atoms with Gasteiger partial charge in [-0.1, -0.05) is 64.0 Å². The second kappa shape index (κ2) is 14.5. The molecule has 0 aliphatic heterocycles. The van der Waals surface area contributed by atoms with Crippen LogP contribution in [-0.2, 0) is 0 Å². The van der Waals surface area contributed by atoms with Gasteiger partial charge in [0.25, 0.3) is 0 Å². The molecular weight excluding hydrogens is 220 g/mol. The van der Waals surface area contributed by atoms with Crippen LogP contribution >= 0.6 is 0 Å². The Morgan fingerprint density at radius 2 is 1.33 bits per heavy atom. The van der Waals surface area contributed by atoms with Crippen LogP contribution in [0, 0.1) is 0 Å². The summed E-state index contributed by atoms with van der Waals surface area (Å²) >= 11 is 0. The topological polar surface area (TPSA) is 24.1 Å². The van der Waals surface area contributed by atoms with E-state index in [-0.39, 0.29) is 0 Å². The van der Waals surface area contributed by atoms with E-state index in [0.717, 1.165) is 13.1 Å². The van der Waals surface area contributed by atoms with E-state index in [9.17, 15) is 0 Å². The van der Waals surface area contributed by atoms with E-state index < -0.39 is 0 Å². The molecule has 0 aromatic rings. The summed E-state index contributed by atoms with van der Waals surface area (Å²) in [4.78, 5) is 0. The fourth-order valence-electron chi connectivity index (χ4n) is 2.03. The predicted octanol–water partition coefficient (Wildman–Crippen LogP) is 4.00. The van der Waals surface area contributed by atoms with E-state index in [4.69, 9.17) is 0 Å². The number of hydrogen-bond acceptors (Lipinski definition) is 2. The molecule has 0 atom stereocenters. The molecule has 0 rings (SSSR count). The highest BCUT2D eigenvalue weighted by Gasteiger charge is 2.04. The van der Waals surface area contributed by atoms with Crippen molar-refractivity contribution in [3.05, 3.63) is 25.3 Å². The first-order chi connectivity index (χ1) is 8.85. The van der Waals surface area contributed by atoms with Gasteiger partial charge in [0.05, 0.1) is 6.17 Å². The summed E-state index contributed by atoms with van der Waals surface area (Å²) in [5, 5.41) is 6.88. The molecule has 0 heterocycles. The van der Waals surface area contributed by atoms with Gasteiger partial charge in [-0.05, 0) is 6.42 Å². The normalized spacial score (nSPS) is 10.8. The Bertz CT molecular complexity index is 178. The maximum Gasteiger partial charge on any atom is 0.0576 e. The van der Waals surface area contributed by atoms with Crippen molar-refractivity contribution in [3.63, 3.8) is 0 Å². The van der Waals surface area contributed by atoms with E-state index in [0.29, 0.717) is 6.17 Å². The number of nitrogens with one attached hydrogen (secondary N) is 2. The molecule has 0 bridgehead atoms. The fourth-order valence-corrected chi connectivity index (χ4v) is 2.03. The van der Waals surface area contributed by atoms with Crippen LogP contribution in [0.1, 0.15) is 58.3 Å². The van der Waals surface area contributed by atoms with E-state index >= 15 is 0 Å². The van der Waals surface area contributed by atoms with Crippen molar-refractivity contribution < 1.29 is 0 Å². The zero-order valence-corrected chi connectivity index (χ0v) is 12.2. The van der Waals surface area contributed by atoms with Gasteiger partial charge < -0.3 is 0 Å². The van der Waals surface area contributed by atoms with Crippen molar-refractivity contribution in [1.29, 1.82) is 0 Å². The Morgan fingerprint density at radius 1 is 0.833 bits per heavy atom. The lowest BCUT2D eigenvalue weighted by molar-refractivity contribution is 0.412. The van der Waals surface area contributed by atoms with E-state index in [1.165, 1.54) is 51.4 Å². The van der Waals surface area contributed by atoms with Crippen LogP contribution in [0.4, 0.5) is 0 Å². The summed E-state index contributed by atoms with van der Waals surface area (Å²) < 4.78 is 0. The Morgan fingerprint density at radius 3 is 1.83 bits per heavy atom. The molecule has 0 radical (unpaired) electrons. The molecular formula is C16H32N2. The Labute approximate surface area is 114 Å². The van der Waals surface area contributed by atoms with Crippen LogP contribution in [-0.4, -0.2) is 19.3 Å². The molecule has 2 nitrogen and oxygen atoms in total. The molecule has 2 N–H and O–H groups in total. The van der Waals surface area contributed by atoms with E-state index in [1.807, 2.05) is 12.2 Å². The lowest BCUT2D eigenvalue weighted by Gasteiger charge is -2.18. The number of unbranched alkanes of at least 4 members (excludes halogenated alkanes) is 6. The molecule has 0 aromatic heterocycles. The highest BCUT2D eigenvalue weighted by molar-refractivity contribution is 4.77. The predicted molar refractivity (Wildman–Crippen MR) is 82.8 cm³/mol. The molecule has 0 saturated heterocycles. The molecule has 2 heteroatoms. The van der Waals surface area contributed by atoms with Crippen molar-refractivity contribution in [1.82, 2.24) is 10.6 Å². The first kappa shape index (κ1) is 17.4. The molecule has 0 unspecified atom stereocenters. The SMILES string of the molecule is C=CCNC(CCCCCCCCC)NCC=C. The van der Waals surface area contributed by atoms with Crippen LogP contribution in [0.15, 0.2) is 25.3 Å². The van der Waals surface area contributed by atoms with Crippen molar-refractivity contribution in [2.75, 3.05) is 13.1 Å². The van der Waals surface area contributed by atoms with E-state index in [2.05, 4.69) is 30.7 Å². The molecule has 0 aliphatic carbocycles. The lowest BCUT2D eigenvalue weighted by Crippen LogP contribution is -2.42. The van der Waals surface area contributed by atoms with Crippen LogP contribution < -0.4 is 10.6 Å². The summed E-state index contributed by atoms with van der Waals surface area (Å²) in [7, 11) is 0. The monoisotopic (exact) mass is 252 g/mol. The third-order valence-corrected chi connectivity index (χ3v) is 3.11. The third-order valence-electron chi connectivity index (χ3n) is 3.11. The summed E-state index contributed by atoms with van der Waals surface area (Å²) in [6, 6.07) is 0. The molecule has 18 heavy (non-hydrogen) atoms. The van der Waals surface area contributed by atoms with Gasteiger partial charge in [0, 0.05) is 13.1 Å². The quantitative estimate of drug-likeness (QED) is 0.277. The van der Waals surface area contributed by atoms with Gasteiger partial charge in [-0.3, -0.25) is 10.6 Å². The van der Waals surface area contributed by atoms with Crippen LogP contribution in [0.5, 0.6) is 0 Å². The number of hydrogen-bond donors (Lipinski definition) is 2. The van der Waals surface area contributed by atoms with Crippen molar-refractivity contribution in [3.8, 4) is 0 Å². The average molecular weight is 252 g/mol. The molecule has 0 fully saturated rings. The minimum absolute atomic E-state index is 0.400. The van der Waals surface area contributed by atoms with Gasteiger partial charge in [-0.15, -0.1) is 13.2 Å². The number of rotatable bonds is 14. The Balaban J connectivity index is 3.48. The molecule has 0 saturated carbocycles. The van der Waals surface area contributed by atoms with E-state index in [1.54, 1.807) is 0 Å². The average Bonchev–Trinajstić information content (AvgIpc) is 2.40. The van der Waals surface area contributed by atoms with Crippen molar-refractivity contribution in [2.45, 2.75) is 64.5 Å². The summed E-state index contributed by atoms with van der Waals surface area (Å²) in [6.07, 6.45) is 15.0. The second-order valence-electron chi connectivity index (χ2n) is 4.86. The highest BCUT2D eigenvalue weighted by atomic mass is 15.1. The van der Waals surface area contributed by atoms with Gasteiger partial charge in [0.2, 0.25) is 0 Å². The molecule has 0 aliphatic rings. The van der Waals surface area contributed by atoms with Gasteiger partial charge in [0.1, 0.15) is 0 Å². The van der Waals surface area contributed by atoms with Gasteiger partial charge in [-0.25, -0.2) is 0 Å². The van der Waals surface area contributed by atoms with Crippen LogP contribution in [0.3, 0.4) is 0 Å². The first-order valence-electron chi connectivity index (χ1n) is 7.53. The van der Waals surface area contributed by atoms with Gasteiger partial charge in [0.15, 0.2) is 0 Å². The summed E-state index contributed by atoms with van der Waals surface area (Å²) in [5.41, 5.74) is 0. The zero-order valence-electron chi connectivity index (χ0n) is 12.2. The smallest absolute Gasteiger partial charge is 0.0576 e. The lowest BCUT2D eigenvalue weighted by atomic mass is 10.1. The zero-order chi connectivity index (χ0) is 13.5. The Kier molecular flexibility index (Phi) is 14.0. The van der Waals surface area contributed by atoms with Crippen LogP contribution in [0.2, 0.25) is 0 Å². The van der Waals surface area contributed by atoms with Crippen molar-refractivity contribution >= 4 is 0 Å². The second-order valence-corrected chi connectivity index (χ2v) is 4.86. The molecule has 0 amide bonds. The first-order valence-corrected chi connectivity index (χ1v) is 7.53. The minimum Gasteiger partial charge on any atom is -0.298 e. The van der Waals surface area contributed by atoms with Crippen molar-refractivity contribution in [2.24, 2.45) is 0 Å². The maximum atomic E-state index is 3.74. The molecule has 0 aromatic carbocycles. The summed E-state index contributed by atoms with van der Waals surface area (Å²) in [5.74, 6) is 0. The molecule has 0 spiro atoms.